The molecule has 1 aromatic carbocycles. The van der Waals surface area contributed by atoms with E-state index in [4.69, 9.17) is 0 Å². The van der Waals surface area contributed by atoms with Gasteiger partial charge in [0, 0.05) is 31.9 Å². The fraction of sp³-hybridized carbons (Fsp3) is 0.444. The van der Waals surface area contributed by atoms with Gasteiger partial charge >= 0.3 is 0 Å². The number of rotatable bonds is 7. The summed E-state index contributed by atoms with van der Waals surface area (Å²) in [6, 6.07) is 10.8. The summed E-state index contributed by atoms with van der Waals surface area (Å²) in [6.07, 6.45) is 0.904. The number of nitrogens with zero attached hydrogens (tertiary/aromatic N) is 3. The second-order valence-corrected chi connectivity index (χ2v) is 6.94. The fourth-order valence-corrected chi connectivity index (χ4v) is 3.17. The molecule has 0 saturated heterocycles. The number of guanidine groups is 1. The molecular formula is C18H28IN5S. The van der Waals surface area contributed by atoms with Crippen LogP contribution in [0.5, 0.6) is 0 Å². The first kappa shape index (κ1) is 21.9. The number of aryl methyl sites for hydroxylation is 1. The van der Waals surface area contributed by atoms with Crippen molar-refractivity contribution in [1.82, 2.24) is 20.5 Å². The third-order valence-electron chi connectivity index (χ3n) is 3.83. The highest BCUT2D eigenvalue weighted by Crippen LogP contribution is 2.16. The highest BCUT2D eigenvalue weighted by Gasteiger charge is 2.14. The van der Waals surface area contributed by atoms with E-state index >= 15 is 0 Å². The largest absolute Gasteiger partial charge is 0.356 e. The molecule has 0 radical (unpaired) electrons. The number of benzene rings is 1. The van der Waals surface area contributed by atoms with Crippen molar-refractivity contribution in [3.63, 3.8) is 0 Å². The third kappa shape index (κ3) is 7.29. The number of hydrogen-bond donors (Lipinski definition) is 2. The average Bonchev–Trinajstić information content (AvgIpc) is 2.99. The van der Waals surface area contributed by atoms with Crippen molar-refractivity contribution in [2.75, 3.05) is 34.2 Å². The van der Waals surface area contributed by atoms with Gasteiger partial charge in [0.15, 0.2) is 5.96 Å². The molecule has 0 bridgehead atoms. The lowest BCUT2D eigenvalue weighted by Gasteiger charge is -2.26. The molecule has 1 atom stereocenters. The molecule has 0 fully saturated rings. The molecule has 0 amide bonds. The zero-order chi connectivity index (χ0) is 17.4. The quantitative estimate of drug-likeness (QED) is 0.369. The van der Waals surface area contributed by atoms with Gasteiger partial charge in [-0.05, 0) is 26.6 Å². The monoisotopic (exact) mass is 473 g/mol. The number of nitrogens with one attached hydrogen (secondary N) is 2. The van der Waals surface area contributed by atoms with Crippen molar-refractivity contribution in [2.24, 2.45) is 4.99 Å². The number of hydrogen-bond acceptors (Lipinski definition) is 4. The summed E-state index contributed by atoms with van der Waals surface area (Å²) in [7, 11) is 6.00. The van der Waals surface area contributed by atoms with E-state index in [9.17, 15) is 0 Å². The standard InChI is InChI=1S/C18H27N5S.HI/c1-14-22-16(13-24-14)10-11-20-18(19-2)21-12-17(23(3)4)15-8-6-5-7-9-15;/h5-9,13,17H,10-12H2,1-4H3,(H2,19,20,21);1H. The van der Waals surface area contributed by atoms with Crippen LogP contribution < -0.4 is 10.6 Å². The van der Waals surface area contributed by atoms with Crippen LogP contribution in [-0.2, 0) is 6.42 Å². The predicted molar refractivity (Wildman–Crippen MR) is 118 cm³/mol. The molecule has 0 spiro atoms. The Morgan fingerprint density at radius 1 is 1.24 bits per heavy atom. The first-order valence-electron chi connectivity index (χ1n) is 8.17. The number of halogens is 1. The van der Waals surface area contributed by atoms with Crippen molar-refractivity contribution < 1.29 is 0 Å². The highest BCUT2D eigenvalue weighted by molar-refractivity contribution is 14.0. The SMILES string of the molecule is CN=C(NCCc1csc(C)n1)NCC(c1ccccc1)N(C)C.I. The first-order chi connectivity index (χ1) is 11.6. The Balaban J connectivity index is 0.00000312. The smallest absolute Gasteiger partial charge is 0.191 e. The van der Waals surface area contributed by atoms with Gasteiger partial charge in [-0.1, -0.05) is 30.3 Å². The van der Waals surface area contributed by atoms with E-state index in [1.165, 1.54) is 5.56 Å². The molecule has 5 nitrogen and oxygen atoms in total. The lowest BCUT2D eigenvalue weighted by Crippen LogP contribution is -2.42. The van der Waals surface area contributed by atoms with Crippen LogP contribution in [0.4, 0.5) is 0 Å². The maximum atomic E-state index is 4.48. The number of thiazole rings is 1. The maximum absolute atomic E-state index is 4.48. The van der Waals surface area contributed by atoms with Crippen molar-refractivity contribution in [2.45, 2.75) is 19.4 Å². The van der Waals surface area contributed by atoms with Crippen molar-refractivity contribution in [3.05, 3.63) is 52.0 Å². The van der Waals surface area contributed by atoms with Crippen molar-refractivity contribution in [3.8, 4) is 0 Å². The van der Waals surface area contributed by atoms with Gasteiger partial charge in [-0.25, -0.2) is 4.98 Å². The topological polar surface area (TPSA) is 52.6 Å². The molecule has 0 aliphatic rings. The third-order valence-corrected chi connectivity index (χ3v) is 4.66. The Morgan fingerprint density at radius 3 is 2.52 bits per heavy atom. The molecule has 0 aliphatic heterocycles. The van der Waals surface area contributed by atoms with Crippen LogP contribution in [-0.4, -0.2) is 50.1 Å². The summed E-state index contributed by atoms with van der Waals surface area (Å²) in [6.45, 7) is 3.65. The minimum Gasteiger partial charge on any atom is -0.356 e. The summed E-state index contributed by atoms with van der Waals surface area (Å²) in [5, 5.41) is 10.0. The molecule has 1 unspecified atom stereocenters. The number of aromatic nitrogens is 1. The van der Waals surface area contributed by atoms with Gasteiger partial charge in [-0.2, -0.15) is 0 Å². The lowest BCUT2D eigenvalue weighted by atomic mass is 10.1. The van der Waals surface area contributed by atoms with Crippen LogP contribution >= 0.6 is 35.3 Å². The average molecular weight is 473 g/mol. The van der Waals surface area contributed by atoms with E-state index in [2.05, 4.69) is 69.3 Å². The Labute approximate surface area is 172 Å². The Bertz CT molecular complexity index is 642. The second kappa shape index (κ2) is 11.4. The van der Waals surface area contributed by atoms with E-state index in [1.807, 2.05) is 13.0 Å². The fourth-order valence-electron chi connectivity index (χ4n) is 2.52. The number of aliphatic imine (C=N–C) groups is 1. The molecule has 0 saturated carbocycles. The van der Waals surface area contributed by atoms with E-state index in [-0.39, 0.29) is 24.0 Å². The summed E-state index contributed by atoms with van der Waals surface area (Å²) in [4.78, 5) is 11.0. The Hall–Kier alpha value is -1.19. The molecule has 138 valence electrons. The minimum absolute atomic E-state index is 0. The van der Waals surface area contributed by atoms with Crippen LogP contribution in [0.3, 0.4) is 0 Å². The molecular weight excluding hydrogens is 445 g/mol. The van der Waals surface area contributed by atoms with Crippen LogP contribution in [0.15, 0.2) is 40.7 Å². The predicted octanol–water partition coefficient (Wildman–Crippen LogP) is 3.08. The zero-order valence-corrected chi connectivity index (χ0v) is 18.5. The zero-order valence-electron chi connectivity index (χ0n) is 15.3. The second-order valence-electron chi connectivity index (χ2n) is 5.88. The first-order valence-corrected chi connectivity index (χ1v) is 9.05. The Morgan fingerprint density at radius 2 is 1.96 bits per heavy atom. The van der Waals surface area contributed by atoms with E-state index in [0.717, 1.165) is 36.2 Å². The van der Waals surface area contributed by atoms with Gasteiger partial charge in [-0.15, -0.1) is 35.3 Å². The molecule has 25 heavy (non-hydrogen) atoms. The van der Waals surface area contributed by atoms with E-state index in [1.54, 1.807) is 18.4 Å². The van der Waals surface area contributed by atoms with Crippen LogP contribution in [0.1, 0.15) is 22.3 Å². The summed E-state index contributed by atoms with van der Waals surface area (Å²) >= 11 is 1.69. The van der Waals surface area contributed by atoms with Crippen LogP contribution in [0.25, 0.3) is 0 Å². The van der Waals surface area contributed by atoms with Gasteiger partial charge in [0.25, 0.3) is 0 Å². The van der Waals surface area contributed by atoms with Crippen LogP contribution in [0.2, 0.25) is 0 Å². The van der Waals surface area contributed by atoms with Crippen molar-refractivity contribution in [1.29, 1.82) is 0 Å². The van der Waals surface area contributed by atoms with Crippen LogP contribution in [0, 0.1) is 6.92 Å². The molecule has 2 N–H and O–H groups in total. The van der Waals surface area contributed by atoms with Gasteiger partial charge in [0.1, 0.15) is 0 Å². The summed E-state index contributed by atoms with van der Waals surface area (Å²) in [5.41, 5.74) is 2.43. The Kier molecular flexibility index (Phi) is 9.99. The summed E-state index contributed by atoms with van der Waals surface area (Å²) < 4.78 is 0. The molecule has 2 aromatic rings. The summed E-state index contributed by atoms with van der Waals surface area (Å²) in [5.74, 6) is 0.824. The maximum Gasteiger partial charge on any atom is 0.191 e. The lowest BCUT2D eigenvalue weighted by molar-refractivity contribution is 0.298. The molecule has 0 aliphatic carbocycles. The highest BCUT2D eigenvalue weighted by atomic mass is 127. The van der Waals surface area contributed by atoms with Gasteiger partial charge in [-0.3, -0.25) is 4.99 Å². The van der Waals surface area contributed by atoms with Gasteiger partial charge in [0.2, 0.25) is 0 Å². The molecule has 1 aromatic heterocycles. The van der Waals surface area contributed by atoms with Gasteiger partial charge in [0.05, 0.1) is 16.7 Å². The molecule has 2 rings (SSSR count). The normalized spacial score (nSPS) is 12.6. The number of likely N-dealkylation sites (N-methyl/N-ethyl adjacent to an activating group) is 1. The molecule has 1 heterocycles. The van der Waals surface area contributed by atoms with E-state index < -0.39 is 0 Å². The molecule has 7 heteroatoms. The van der Waals surface area contributed by atoms with E-state index in [0.29, 0.717) is 6.04 Å². The van der Waals surface area contributed by atoms with Gasteiger partial charge < -0.3 is 15.5 Å². The minimum atomic E-state index is 0. The van der Waals surface area contributed by atoms with Crippen molar-refractivity contribution >= 4 is 41.3 Å².